The van der Waals surface area contributed by atoms with Crippen molar-refractivity contribution in [3.63, 3.8) is 0 Å². The zero-order chi connectivity index (χ0) is 16.3. The van der Waals surface area contributed by atoms with Crippen LogP contribution in [0.5, 0.6) is 0 Å². The maximum absolute atomic E-state index is 12.2. The Bertz CT molecular complexity index is 610. The standard InChI is InChI=1S/C15H18BrN3O3/c1-10-3-4-13(12(16)9-10)17-14(21)15(22)19-7-5-18(6-8-19)11(2)20/h3-4,9H,5-8H2,1-2H3,(H,17,21). The van der Waals surface area contributed by atoms with Crippen molar-refractivity contribution < 1.29 is 14.4 Å². The van der Waals surface area contributed by atoms with Gasteiger partial charge in [0.1, 0.15) is 0 Å². The number of hydrogen-bond donors (Lipinski definition) is 1. The van der Waals surface area contributed by atoms with Crippen molar-refractivity contribution in [2.75, 3.05) is 31.5 Å². The predicted octanol–water partition coefficient (Wildman–Crippen LogP) is 1.39. The van der Waals surface area contributed by atoms with E-state index in [-0.39, 0.29) is 5.91 Å². The Labute approximate surface area is 137 Å². The Balaban J connectivity index is 1.95. The second-order valence-corrected chi connectivity index (χ2v) is 6.09. The number of piperazine rings is 1. The van der Waals surface area contributed by atoms with Crippen LogP contribution in [0, 0.1) is 6.92 Å². The van der Waals surface area contributed by atoms with Crippen molar-refractivity contribution in [1.29, 1.82) is 0 Å². The zero-order valence-electron chi connectivity index (χ0n) is 12.6. The molecule has 1 N–H and O–H groups in total. The number of halogens is 1. The number of nitrogens with one attached hydrogen (secondary N) is 1. The third-order valence-corrected chi connectivity index (χ3v) is 4.24. The summed E-state index contributed by atoms with van der Waals surface area (Å²) in [6.07, 6.45) is 0. The van der Waals surface area contributed by atoms with E-state index in [1.54, 1.807) is 11.0 Å². The lowest BCUT2D eigenvalue weighted by atomic mass is 10.2. The fourth-order valence-electron chi connectivity index (χ4n) is 2.27. The van der Waals surface area contributed by atoms with Gasteiger partial charge in [-0.05, 0) is 40.5 Å². The molecule has 0 bridgehead atoms. The number of rotatable bonds is 1. The van der Waals surface area contributed by atoms with Crippen LogP contribution in [0.4, 0.5) is 5.69 Å². The summed E-state index contributed by atoms with van der Waals surface area (Å²) >= 11 is 3.36. The Kier molecular flexibility index (Phi) is 5.18. The van der Waals surface area contributed by atoms with Gasteiger partial charge in [-0.25, -0.2) is 0 Å². The molecule has 0 radical (unpaired) electrons. The number of carbonyl (C=O) groups is 3. The van der Waals surface area contributed by atoms with Gasteiger partial charge in [-0.3, -0.25) is 14.4 Å². The molecule has 6 nitrogen and oxygen atoms in total. The van der Waals surface area contributed by atoms with E-state index < -0.39 is 11.8 Å². The van der Waals surface area contributed by atoms with Crippen molar-refractivity contribution >= 4 is 39.3 Å². The van der Waals surface area contributed by atoms with Crippen LogP contribution in [0.25, 0.3) is 0 Å². The van der Waals surface area contributed by atoms with Crippen LogP contribution >= 0.6 is 15.9 Å². The van der Waals surface area contributed by atoms with Crippen LogP contribution in [0.15, 0.2) is 22.7 Å². The van der Waals surface area contributed by atoms with Crippen LogP contribution < -0.4 is 5.32 Å². The first kappa shape index (κ1) is 16.5. The minimum absolute atomic E-state index is 0.0138. The first-order valence-corrected chi connectivity index (χ1v) is 7.79. The van der Waals surface area contributed by atoms with E-state index >= 15 is 0 Å². The topological polar surface area (TPSA) is 69.7 Å². The highest BCUT2D eigenvalue weighted by Crippen LogP contribution is 2.23. The van der Waals surface area contributed by atoms with Gasteiger partial charge in [0, 0.05) is 37.6 Å². The molecule has 2 rings (SSSR count). The quantitative estimate of drug-likeness (QED) is 0.762. The van der Waals surface area contributed by atoms with E-state index in [1.807, 2.05) is 19.1 Å². The van der Waals surface area contributed by atoms with Crippen molar-refractivity contribution in [3.8, 4) is 0 Å². The Morgan fingerprint density at radius 3 is 2.23 bits per heavy atom. The van der Waals surface area contributed by atoms with Crippen LogP contribution in [-0.4, -0.2) is 53.7 Å². The number of aryl methyl sites for hydroxylation is 1. The normalized spacial score (nSPS) is 14.7. The maximum atomic E-state index is 12.2. The summed E-state index contributed by atoms with van der Waals surface area (Å²) in [6, 6.07) is 5.47. The van der Waals surface area contributed by atoms with Crippen LogP contribution in [0.1, 0.15) is 12.5 Å². The summed E-state index contributed by atoms with van der Waals surface area (Å²) in [5.74, 6) is -1.25. The van der Waals surface area contributed by atoms with Gasteiger partial charge in [0.15, 0.2) is 0 Å². The fraction of sp³-hybridized carbons (Fsp3) is 0.400. The Morgan fingerprint density at radius 1 is 1.09 bits per heavy atom. The van der Waals surface area contributed by atoms with Gasteiger partial charge < -0.3 is 15.1 Å². The predicted molar refractivity (Wildman–Crippen MR) is 86.3 cm³/mol. The molecule has 0 saturated carbocycles. The molecular weight excluding hydrogens is 350 g/mol. The summed E-state index contributed by atoms with van der Waals surface area (Å²) in [6.45, 7) is 5.11. The molecule has 1 aliphatic rings. The van der Waals surface area contributed by atoms with Gasteiger partial charge in [0.05, 0.1) is 5.69 Å². The minimum Gasteiger partial charge on any atom is -0.339 e. The lowest BCUT2D eigenvalue weighted by molar-refractivity contribution is -0.145. The van der Waals surface area contributed by atoms with Crippen molar-refractivity contribution in [2.45, 2.75) is 13.8 Å². The summed E-state index contributed by atoms with van der Waals surface area (Å²) < 4.78 is 0.732. The second kappa shape index (κ2) is 6.91. The zero-order valence-corrected chi connectivity index (χ0v) is 14.1. The molecule has 1 aromatic rings. The van der Waals surface area contributed by atoms with Gasteiger partial charge in [0.25, 0.3) is 0 Å². The summed E-state index contributed by atoms with van der Waals surface area (Å²) in [7, 11) is 0. The molecule has 0 spiro atoms. The smallest absolute Gasteiger partial charge is 0.313 e. The first-order chi connectivity index (χ1) is 10.4. The van der Waals surface area contributed by atoms with E-state index in [2.05, 4.69) is 21.2 Å². The van der Waals surface area contributed by atoms with Crippen molar-refractivity contribution in [1.82, 2.24) is 9.80 Å². The molecule has 1 aromatic carbocycles. The molecule has 0 aliphatic carbocycles. The molecule has 3 amide bonds. The van der Waals surface area contributed by atoms with Crippen LogP contribution in [0.3, 0.4) is 0 Å². The fourth-order valence-corrected chi connectivity index (χ4v) is 2.86. The lowest BCUT2D eigenvalue weighted by Gasteiger charge is -2.33. The highest BCUT2D eigenvalue weighted by Gasteiger charge is 2.27. The van der Waals surface area contributed by atoms with E-state index in [0.29, 0.717) is 31.9 Å². The minimum atomic E-state index is -0.666. The monoisotopic (exact) mass is 367 g/mol. The van der Waals surface area contributed by atoms with E-state index in [1.165, 1.54) is 11.8 Å². The van der Waals surface area contributed by atoms with Gasteiger partial charge in [-0.2, -0.15) is 0 Å². The van der Waals surface area contributed by atoms with Crippen LogP contribution in [-0.2, 0) is 14.4 Å². The lowest BCUT2D eigenvalue weighted by Crippen LogP contribution is -2.52. The average Bonchev–Trinajstić information content (AvgIpc) is 2.49. The summed E-state index contributed by atoms with van der Waals surface area (Å²) in [5.41, 5.74) is 1.61. The molecule has 1 fully saturated rings. The number of anilines is 1. The highest BCUT2D eigenvalue weighted by atomic mass is 79.9. The molecular formula is C15H18BrN3O3. The van der Waals surface area contributed by atoms with E-state index in [9.17, 15) is 14.4 Å². The number of benzene rings is 1. The second-order valence-electron chi connectivity index (χ2n) is 5.24. The van der Waals surface area contributed by atoms with Crippen molar-refractivity contribution in [2.24, 2.45) is 0 Å². The molecule has 22 heavy (non-hydrogen) atoms. The third-order valence-electron chi connectivity index (χ3n) is 3.58. The molecule has 7 heteroatoms. The molecule has 0 aromatic heterocycles. The Morgan fingerprint density at radius 2 is 1.68 bits per heavy atom. The average molecular weight is 368 g/mol. The molecule has 0 unspecified atom stereocenters. The van der Waals surface area contributed by atoms with Gasteiger partial charge >= 0.3 is 11.8 Å². The van der Waals surface area contributed by atoms with E-state index in [4.69, 9.17) is 0 Å². The molecule has 0 atom stereocenters. The van der Waals surface area contributed by atoms with Crippen molar-refractivity contribution in [3.05, 3.63) is 28.2 Å². The number of carbonyl (C=O) groups excluding carboxylic acids is 3. The van der Waals surface area contributed by atoms with Gasteiger partial charge in [0.2, 0.25) is 5.91 Å². The number of amides is 3. The number of hydrogen-bond acceptors (Lipinski definition) is 3. The third kappa shape index (κ3) is 3.85. The number of nitrogens with zero attached hydrogens (tertiary/aromatic N) is 2. The van der Waals surface area contributed by atoms with E-state index in [0.717, 1.165) is 10.0 Å². The maximum Gasteiger partial charge on any atom is 0.313 e. The first-order valence-electron chi connectivity index (χ1n) is 7.00. The van der Waals surface area contributed by atoms with Gasteiger partial charge in [-0.15, -0.1) is 0 Å². The van der Waals surface area contributed by atoms with Gasteiger partial charge in [-0.1, -0.05) is 6.07 Å². The molecule has 1 saturated heterocycles. The summed E-state index contributed by atoms with van der Waals surface area (Å²) in [4.78, 5) is 38.6. The SMILES string of the molecule is CC(=O)N1CCN(C(=O)C(=O)Nc2ccc(C)cc2Br)CC1. The summed E-state index contributed by atoms with van der Waals surface area (Å²) in [5, 5.41) is 2.61. The molecule has 1 aliphatic heterocycles. The Hall–Kier alpha value is -1.89. The highest BCUT2D eigenvalue weighted by molar-refractivity contribution is 9.10. The molecule has 1 heterocycles. The molecule has 118 valence electrons. The van der Waals surface area contributed by atoms with Crippen LogP contribution in [0.2, 0.25) is 0 Å². The largest absolute Gasteiger partial charge is 0.339 e.